The zero-order chi connectivity index (χ0) is 23.5. The summed E-state index contributed by atoms with van der Waals surface area (Å²) in [5, 5.41) is 7.10. The van der Waals surface area contributed by atoms with Crippen LogP contribution in [0.2, 0.25) is 0 Å². The number of nitrogens with zero attached hydrogens (tertiary/aromatic N) is 3. The van der Waals surface area contributed by atoms with E-state index in [0.29, 0.717) is 30.3 Å². The molecule has 0 unspecified atom stereocenters. The molecule has 2 N–H and O–H groups in total. The summed E-state index contributed by atoms with van der Waals surface area (Å²) in [7, 11) is 1.62. The van der Waals surface area contributed by atoms with Gasteiger partial charge in [0.1, 0.15) is 12.1 Å². The highest BCUT2D eigenvalue weighted by Crippen LogP contribution is 2.37. The van der Waals surface area contributed by atoms with Gasteiger partial charge in [0.05, 0.1) is 19.2 Å². The molecule has 2 aromatic carbocycles. The number of hydrogen-bond acceptors (Lipinski definition) is 7. The Labute approximate surface area is 198 Å². The fraction of sp³-hybridized carbons (Fsp3) is 0.346. The van der Waals surface area contributed by atoms with Crippen LogP contribution < -0.4 is 20.1 Å². The number of hydrogen-bond donors (Lipinski definition) is 2. The van der Waals surface area contributed by atoms with Crippen LogP contribution in [0.25, 0.3) is 10.9 Å². The molecule has 2 aliphatic heterocycles. The number of nitrogens with one attached hydrogen (secondary N) is 2. The lowest BCUT2D eigenvalue weighted by atomic mass is 9.79. The van der Waals surface area contributed by atoms with Crippen molar-refractivity contribution in [3.8, 4) is 23.8 Å². The number of terminal acetylenes is 1. The molecule has 0 bridgehead atoms. The average molecular weight is 458 g/mol. The molecular weight excluding hydrogens is 430 g/mol. The Morgan fingerprint density at radius 1 is 1.24 bits per heavy atom. The van der Waals surface area contributed by atoms with Gasteiger partial charge in [0.2, 0.25) is 5.91 Å². The molecule has 2 aliphatic rings. The van der Waals surface area contributed by atoms with E-state index >= 15 is 0 Å². The summed E-state index contributed by atoms with van der Waals surface area (Å²) in [5.74, 6) is 4.76. The highest BCUT2D eigenvalue weighted by molar-refractivity contribution is 5.93. The van der Waals surface area contributed by atoms with Crippen molar-refractivity contribution in [3.63, 3.8) is 0 Å². The van der Waals surface area contributed by atoms with E-state index in [-0.39, 0.29) is 11.3 Å². The highest BCUT2D eigenvalue weighted by atomic mass is 16.5. The summed E-state index contributed by atoms with van der Waals surface area (Å²) in [4.78, 5) is 22.7. The van der Waals surface area contributed by atoms with Gasteiger partial charge in [-0.3, -0.25) is 4.79 Å². The summed E-state index contributed by atoms with van der Waals surface area (Å²) >= 11 is 0. The fourth-order valence-corrected chi connectivity index (χ4v) is 4.77. The van der Waals surface area contributed by atoms with E-state index in [0.717, 1.165) is 54.8 Å². The lowest BCUT2D eigenvalue weighted by molar-refractivity contribution is -0.120. The van der Waals surface area contributed by atoms with Gasteiger partial charge in [0, 0.05) is 60.7 Å². The van der Waals surface area contributed by atoms with Crippen LogP contribution in [0.5, 0.6) is 11.5 Å². The van der Waals surface area contributed by atoms with E-state index in [9.17, 15) is 4.79 Å². The minimum Gasteiger partial charge on any atom is -0.493 e. The van der Waals surface area contributed by atoms with Crippen molar-refractivity contribution < 1.29 is 14.3 Å². The first-order chi connectivity index (χ1) is 16.6. The monoisotopic (exact) mass is 457 g/mol. The van der Waals surface area contributed by atoms with E-state index in [2.05, 4.69) is 31.4 Å². The van der Waals surface area contributed by atoms with E-state index in [1.54, 1.807) is 7.11 Å². The van der Waals surface area contributed by atoms with Crippen LogP contribution >= 0.6 is 0 Å². The summed E-state index contributed by atoms with van der Waals surface area (Å²) in [6.45, 7) is 4.24. The zero-order valence-electron chi connectivity index (χ0n) is 19.1. The lowest BCUT2D eigenvalue weighted by Gasteiger charge is -2.47. The van der Waals surface area contributed by atoms with Crippen LogP contribution in [0.3, 0.4) is 0 Å². The van der Waals surface area contributed by atoms with Crippen molar-refractivity contribution in [2.75, 3.05) is 45.2 Å². The molecule has 1 aromatic heterocycles. The van der Waals surface area contributed by atoms with Gasteiger partial charge in [-0.1, -0.05) is 12.0 Å². The Bertz CT molecular complexity index is 1260. The van der Waals surface area contributed by atoms with Gasteiger partial charge in [-0.2, -0.15) is 0 Å². The number of likely N-dealkylation sites (tertiary alicyclic amines) is 1. The summed E-state index contributed by atoms with van der Waals surface area (Å²) in [6, 6.07) is 11.4. The maximum atomic E-state index is 11.5. The normalized spacial score (nSPS) is 16.6. The molecule has 5 rings (SSSR count). The van der Waals surface area contributed by atoms with Crippen LogP contribution in [0.15, 0.2) is 42.7 Å². The average Bonchev–Trinajstić information content (AvgIpc) is 3.23. The molecule has 3 aromatic rings. The van der Waals surface area contributed by atoms with Gasteiger partial charge >= 0.3 is 0 Å². The second-order valence-corrected chi connectivity index (χ2v) is 8.96. The number of ether oxygens (including phenoxy) is 2. The predicted octanol–water partition coefficient (Wildman–Crippen LogP) is 2.95. The number of carbonyl (C=O) groups is 1. The summed E-state index contributed by atoms with van der Waals surface area (Å²) in [6.07, 6.45) is 8.58. The Hall–Kier alpha value is -3.83. The van der Waals surface area contributed by atoms with E-state index < -0.39 is 0 Å². The van der Waals surface area contributed by atoms with Gasteiger partial charge in [-0.25, -0.2) is 9.97 Å². The van der Waals surface area contributed by atoms with Gasteiger partial charge in [0.25, 0.3) is 0 Å². The van der Waals surface area contributed by atoms with Gasteiger partial charge in [-0.15, -0.1) is 6.42 Å². The number of fused-ring (bicyclic) bond motifs is 1. The number of benzene rings is 2. The molecule has 0 radical (unpaired) electrons. The Kier molecular flexibility index (Phi) is 5.95. The third-order valence-corrected chi connectivity index (χ3v) is 6.40. The molecule has 2 saturated heterocycles. The number of anilines is 2. The first-order valence-electron chi connectivity index (χ1n) is 11.4. The molecule has 8 heteroatoms. The molecule has 2 fully saturated rings. The minimum absolute atomic E-state index is 0.155. The SMILES string of the molecule is C#Cc1cccc(Nc2ncnc3cc(OC)c(OCCCN4CC5(CNC(=O)C5)C4)cc23)c1. The smallest absolute Gasteiger partial charge is 0.220 e. The number of methoxy groups -OCH3 is 1. The van der Waals surface area contributed by atoms with Gasteiger partial charge in [-0.05, 0) is 30.7 Å². The molecule has 1 spiro atoms. The molecule has 34 heavy (non-hydrogen) atoms. The molecule has 0 atom stereocenters. The highest BCUT2D eigenvalue weighted by Gasteiger charge is 2.47. The molecule has 3 heterocycles. The van der Waals surface area contributed by atoms with Crippen molar-refractivity contribution in [1.82, 2.24) is 20.2 Å². The van der Waals surface area contributed by atoms with Crippen molar-refractivity contribution in [1.29, 1.82) is 0 Å². The zero-order valence-corrected chi connectivity index (χ0v) is 19.1. The summed E-state index contributed by atoms with van der Waals surface area (Å²) < 4.78 is 11.7. The first kappa shape index (κ1) is 22.0. The van der Waals surface area contributed by atoms with E-state index in [4.69, 9.17) is 15.9 Å². The van der Waals surface area contributed by atoms with Crippen LogP contribution in [-0.2, 0) is 4.79 Å². The summed E-state index contributed by atoms with van der Waals surface area (Å²) in [5.41, 5.74) is 2.54. The largest absolute Gasteiger partial charge is 0.493 e. The first-order valence-corrected chi connectivity index (χ1v) is 11.4. The maximum absolute atomic E-state index is 11.5. The van der Waals surface area contributed by atoms with Crippen molar-refractivity contribution >= 4 is 28.3 Å². The third-order valence-electron chi connectivity index (χ3n) is 6.40. The molecule has 174 valence electrons. The number of rotatable bonds is 8. The Morgan fingerprint density at radius 2 is 2.12 bits per heavy atom. The molecular formula is C26H27N5O3. The third kappa shape index (κ3) is 4.47. The number of aromatic nitrogens is 2. The Morgan fingerprint density at radius 3 is 2.88 bits per heavy atom. The molecule has 8 nitrogen and oxygen atoms in total. The van der Waals surface area contributed by atoms with E-state index in [1.165, 1.54) is 6.33 Å². The Balaban J connectivity index is 1.25. The van der Waals surface area contributed by atoms with Crippen molar-refractivity contribution in [2.45, 2.75) is 12.8 Å². The van der Waals surface area contributed by atoms with Crippen LogP contribution in [0.1, 0.15) is 18.4 Å². The van der Waals surface area contributed by atoms with Crippen molar-refractivity contribution in [3.05, 3.63) is 48.3 Å². The van der Waals surface area contributed by atoms with Crippen molar-refractivity contribution in [2.24, 2.45) is 5.41 Å². The molecule has 1 amide bonds. The van der Waals surface area contributed by atoms with Gasteiger partial charge in [0.15, 0.2) is 11.5 Å². The second kappa shape index (κ2) is 9.20. The minimum atomic E-state index is 0.155. The number of amides is 1. The fourth-order valence-electron chi connectivity index (χ4n) is 4.77. The van der Waals surface area contributed by atoms with Crippen LogP contribution in [-0.4, -0.2) is 60.7 Å². The lowest BCUT2D eigenvalue weighted by Crippen LogP contribution is -2.57. The quantitative estimate of drug-likeness (QED) is 0.397. The molecule has 0 aliphatic carbocycles. The predicted molar refractivity (Wildman–Crippen MR) is 130 cm³/mol. The second-order valence-electron chi connectivity index (χ2n) is 8.96. The number of carbonyl (C=O) groups excluding carboxylic acids is 1. The van der Waals surface area contributed by atoms with E-state index in [1.807, 2.05) is 36.4 Å². The van der Waals surface area contributed by atoms with Crippen LogP contribution in [0, 0.1) is 17.8 Å². The molecule has 0 saturated carbocycles. The van der Waals surface area contributed by atoms with Gasteiger partial charge < -0.3 is 25.0 Å². The topological polar surface area (TPSA) is 88.6 Å². The maximum Gasteiger partial charge on any atom is 0.220 e. The van der Waals surface area contributed by atoms with Crippen LogP contribution in [0.4, 0.5) is 11.5 Å². The standard InChI is InChI=1S/C26H27N5O3/c1-3-18-6-4-7-19(10-18)30-25-20-11-23(22(33-2)12-21(20)28-17-29-25)34-9-5-8-31-15-26(16-31)13-24(32)27-14-26/h1,4,6-7,10-12,17H,5,8-9,13-16H2,2H3,(H,27,32)(H,28,29,30).